The van der Waals surface area contributed by atoms with Gasteiger partial charge in [-0.25, -0.2) is 0 Å². The van der Waals surface area contributed by atoms with Crippen molar-refractivity contribution in [2.24, 2.45) is 0 Å². The van der Waals surface area contributed by atoms with Crippen molar-refractivity contribution in [3.05, 3.63) is 27.8 Å². The Labute approximate surface area is 110 Å². The van der Waals surface area contributed by atoms with Crippen LogP contribution in [-0.4, -0.2) is 18.6 Å². The fourth-order valence-corrected chi connectivity index (χ4v) is 1.70. The molecule has 0 saturated heterocycles. The van der Waals surface area contributed by atoms with Crippen molar-refractivity contribution in [3.63, 3.8) is 0 Å². The van der Waals surface area contributed by atoms with Gasteiger partial charge in [0, 0.05) is 10.1 Å². The summed E-state index contributed by atoms with van der Waals surface area (Å²) < 4.78 is 6.63. The number of rotatable bonds is 5. The zero-order chi connectivity index (χ0) is 12.0. The molecule has 1 amide bonds. The van der Waals surface area contributed by atoms with E-state index < -0.39 is 6.10 Å². The Morgan fingerprint density at radius 1 is 1.56 bits per heavy atom. The van der Waals surface area contributed by atoms with E-state index in [1.54, 1.807) is 6.92 Å². The molecule has 0 aliphatic rings. The zero-order valence-corrected chi connectivity index (χ0v) is 11.7. The molecule has 3 nitrogen and oxygen atoms in total. The van der Waals surface area contributed by atoms with Crippen LogP contribution < -0.4 is 10.1 Å². The van der Waals surface area contributed by atoms with Crippen LogP contribution in [0.2, 0.25) is 0 Å². The maximum Gasteiger partial charge on any atom is 0.260 e. The standard InChI is InChI=1S/C12H16INO2/c1-3-7-14-12(15)9(2)16-11-6-4-5-10(13)8-11/h4-6,8-9H,3,7H2,1-2H3,(H,14,15). The molecule has 0 bridgehead atoms. The summed E-state index contributed by atoms with van der Waals surface area (Å²) in [5.41, 5.74) is 0. The van der Waals surface area contributed by atoms with E-state index in [-0.39, 0.29) is 5.91 Å². The molecule has 0 heterocycles. The minimum absolute atomic E-state index is 0.0688. The predicted molar refractivity (Wildman–Crippen MR) is 72.5 cm³/mol. The van der Waals surface area contributed by atoms with Crippen molar-refractivity contribution in [1.82, 2.24) is 5.32 Å². The SMILES string of the molecule is CCCNC(=O)C(C)Oc1cccc(I)c1. The highest BCUT2D eigenvalue weighted by Crippen LogP contribution is 2.16. The molecule has 0 spiro atoms. The highest BCUT2D eigenvalue weighted by atomic mass is 127. The lowest BCUT2D eigenvalue weighted by atomic mass is 10.3. The van der Waals surface area contributed by atoms with E-state index >= 15 is 0 Å². The van der Waals surface area contributed by atoms with E-state index in [1.165, 1.54) is 0 Å². The molecule has 0 aromatic heterocycles. The topological polar surface area (TPSA) is 38.3 Å². The Morgan fingerprint density at radius 2 is 2.31 bits per heavy atom. The number of carbonyl (C=O) groups excluding carboxylic acids is 1. The Morgan fingerprint density at radius 3 is 2.94 bits per heavy atom. The first-order valence-corrected chi connectivity index (χ1v) is 6.41. The fourth-order valence-electron chi connectivity index (χ4n) is 1.19. The Kier molecular flexibility index (Phi) is 5.59. The van der Waals surface area contributed by atoms with Gasteiger partial charge in [0.15, 0.2) is 6.10 Å². The first-order valence-electron chi connectivity index (χ1n) is 5.33. The molecule has 16 heavy (non-hydrogen) atoms. The molecule has 0 fully saturated rings. The maximum absolute atomic E-state index is 11.6. The molecular formula is C12H16INO2. The number of ether oxygens (including phenoxy) is 1. The summed E-state index contributed by atoms with van der Waals surface area (Å²) in [6, 6.07) is 7.65. The van der Waals surface area contributed by atoms with E-state index in [0.29, 0.717) is 6.54 Å². The Balaban J connectivity index is 2.50. The van der Waals surface area contributed by atoms with Crippen molar-refractivity contribution in [3.8, 4) is 5.75 Å². The fraction of sp³-hybridized carbons (Fsp3) is 0.417. The van der Waals surface area contributed by atoms with Crippen molar-refractivity contribution >= 4 is 28.5 Å². The van der Waals surface area contributed by atoms with Crippen LogP contribution in [0.1, 0.15) is 20.3 Å². The van der Waals surface area contributed by atoms with Gasteiger partial charge in [0.2, 0.25) is 0 Å². The summed E-state index contributed by atoms with van der Waals surface area (Å²) >= 11 is 2.21. The van der Waals surface area contributed by atoms with E-state index in [9.17, 15) is 4.79 Å². The Hall–Kier alpha value is -0.780. The highest BCUT2D eigenvalue weighted by molar-refractivity contribution is 14.1. The number of amides is 1. The van der Waals surface area contributed by atoms with Gasteiger partial charge < -0.3 is 10.1 Å². The first kappa shape index (κ1) is 13.3. The molecule has 1 rings (SSSR count). The number of hydrogen-bond acceptors (Lipinski definition) is 2. The zero-order valence-electron chi connectivity index (χ0n) is 9.50. The van der Waals surface area contributed by atoms with Crippen molar-refractivity contribution < 1.29 is 9.53 Å². The molecule has 1 atom stereocenters. The van der Waals surface area contributed by atoms with Gasteiger partial charge in [0.25, 0.3) is 5.91 Å². The van der Waals surface area contributed by atoms with Gasteiger partial charge in [-0.15, -0.1) is 0 Å². The second-order valence-corrected chi connectivity index (χ2v) is 4.75. The number of carbonyl (C=O) groups is 1. The van der Waals surface area contributed by atoms with Gasteiger partial charge in [-0.3, -0.25) is 4.79 Å². The van der Waals surface area contributed by atoms with E-state index in [2.05, 4.69) is 27.9 Å². The molecule has 1 N–H and O–H groups in total. The molecule has 0 aliphatic heterocycles. The molecule has 1 aromatic rings. The summed E-state index contributed by atoms with van der Waals surface area (Å²) in [4.78, 5) is 11.6. The molecule has 4 heteroatoms. The van der Waals surface area contributed by atoms with Crippen LogP contribution in [0.25, 0.3) is 0 Å². The largest absolute Gasteiger partial charge is 0.481 e. The van der Waals surface area contributed by atoms with Gasteiger partial charge in [-0.1, -0.05) is 13.0 Å². The summed E-state index contributed by atoms with van der Waals surface area (Å²) in [6.07, 6.45) is 0.478. The third-order valence-corrected chi connectivity index (χ3v) is 2.70. The molecule has 0 radical (unpaired) electrons. The smallest absolute Gasteiger partial charge is 0.260 e. The summed E-state index contributed by atoms with van der Waals surface area (Å²) in [7, 11) is 0. The van der Waals surface area contributed by atoms with E-state index in [1.807, 2.05) is 31.2 Å². The van der Waals surface area contributed by atoms with Crippen molar-refractivity contribution in [2.75, 3.05) is 6.54 Å². The van der Waals surface area contributed by atoms with Crippen LogP contribution >= 0.6 is 22.6 Å². The van der Waals surface area contributed by atoms with Crippen LogP contribution in [0.5, 0.6) is 5.75 Å². The average Bonchev–Trinajstić information content (AvgIpc) is 2.25. The quantitative estimate of drug-likeness (QED) is 0.841. The Bertz CT molecular complexity index is 355. The van der Waals surface area contributed by atoms with Crippen LogP contribution in [0.15, 0.2) is 24.3 Å². The molecule has 1 unspecified atom stereocenters. The normalized spacial score (nSPS) is 11.9. The summed E-state index contributed by atoms with van der Waals surface area (Å²) in [5, 5.41) is 2.80. The number of halogens is 1. The lowest BCUT2D eigenvalue weighted by molar-refractivity contribution is -0.127. The predicted octanol–water partition coefficient (Wildman–Crippen LogP) is 2.58. The first-order chi connectivity index (χ1) is 7.63. The monoisotopic (exact) mass is 333 g/mol. The second kappa shape index (κ2) is 6.73. The van der Waals surface area contributed by atoms with Gasteiger partial charge in [0.1, 0.15) is 5.75 Å². The van der Waals surface area contributed by atoms with Gasteiger partial charge in [0.05, 0.1) is 0 Å². The van der Waals surface area contributed by atoms with E-state index in [4.69, 9.17) is 4.74 Å². The third kappa shape index (κ3) is 4.38. The van der Waals surface area contributed by atoms with Gasteiger partial charge in [-0.2, -0.15) is 0 Å². The molecule has 1 aromatic carbocycles. The highest BCUT2D eigenvalue weighted by Gasteiger charge is 2.13. The second-order valence-electron chi connectivity index (χ2n) is 3.51. The van der Waals surface area contributed by atoms with Crippen molar-refractivity contribution in [2.45, 2.75) is 26.4 Å². The number of benzene rings is 1. The van der Waals surface area contributed by atoms with Crippen LogP contribution in [-0.2, 0) is 4.79 Å². The number of nitrogens with one attached hydrogen (secondary N) is 1. The summed E-state index contributed by atoms with van der Waals surface area (Å²) in [5.74, 6) is 0.659. The van der Waals surface area contributed by atoms with Crippen LogP contribution in [0.3, 0.4) is 0 Å². The van der Waals surface area contributed by atoms with Crippen molar-refractivity contribution in [1.29, 1.82) is 0 Å². The number of hydrogen-bond donors (Lipinski definition) is 1. The molecular weight excluding hydrogens is 317 g/mol. The third-order valence-electron chi connectivity index (χ3n) is 2.03. The molecule has 0 saturated carbocycles. The van der Waals surface area contributed by atoms with Crippen LogP contribution in [0.4, 0.5) is 0 Å². The lowest BCUT2D eigenvalue weighted by Gasteiger charge is -2.14. The minimum atomic E-state index is -0.454. The average molecular weight is 333 g/mol. The molecule has 88 valence electrons. The van der Waals surface area contributed by atoms with Gasteiger partial charge >= 0.3 is 0 Å². The maximum atomic E-state index is 11.6. The van der Waals surface area contributed by atoms with E-state index in [0.717, 1.165) is 15.7 Å². The lowest BCUT2D eigenvalue weighted by Crippen LogP contribution is -2.36. The van der Waals surface area contributed by atoms with Crippen LogP contribution in [0, 0.1) is 3.57 Å². The molecule has 0 aliphatic carbocycles. The summed E-state index contributed by atoms with van der Waals surface area (Å²) in [6.45, 7) is 4.47. The van der Waals surface area contributed by atoms with Gasteiger partial charge in [-0.05, 0) is 54.1 Å². The minimum Gasteiger partial charge on any atom is -0.481 e.